The van der Waals surface area contributed by atoms with Gasteiger partial charge in [0.15, 0.2) is 5.96 Å². The number of nitrogens with one attached hydrogen (secondary N) is 1. The molecule has 1 heterocycles. The second-order valence-electron chi connectivity index (χ2n) is 5.48. The van der Waals surface area contributed by atoms with E-state index in [2.05, 4.69) is 15.2 Å². The van der Waals surface area contributed by atoms with Gasteiger partial charge in [-0.1, -0.05) is 6.92 Å². The highest BCUT2D eigenvalue weighted by molar-refractivity contribution is 5.81. The number of esters is 1. The molecule has 2 unspecified atom stereocenters. The van der Waals surface area contributed by atoms with Gasteiger partial charge in [0, 0.05) is 33.1 Å². The summed E-state index contributed by atoms with van der Waals surface area (Å²) < 4.78 is 4.70. The molecular formula is C14H26N4O3. The van der Waals surface area contributed by atoms with E-state index in [1.165, 1.54) is 7.11 Å². The molecule has 1 saturated heterocycles. The van der Waals surface area contributed by atoms with E-state index in [4.69, 9.17) is 10.5 Å². The monoisotopic (exact) mass is 298 g/mol. The molecule has 7 nitrogen and oxygen atoms in total. The van der Waals surface area contributed by atoms with Gasteiger partial charge in [-0.05, 0) is 18.8 Å². The highest BCUT2D eigenvalue weighted by Gasteiger charge is 2.24. The molecule has 7 heteroatoms. The lowest BCUT2D eigenvalue weighted by atomic mass is 9.95. The Labute approximate surface area is 125 Å². The molecule has 0 spiro atoms. The number of carbonyl (C=O) groups is 2. The summed E-state index contributed by atoms with van der Waals surface area (Å²) in [6, 6.07) is 0. The standard InChI is InChI=1S/C14H26N4O3/c1-10(13(20)21-3)8-17-14(16-2)18-6-4-5-11(9-18)7-12(15)19/h10-11H,4-9H2,1-3H3,(H2,15,19)(H,16,17). The van der Waals surface area contributed by atoms with Gasteiger partial charge in [0.05, 0.1) is 13.0 Å². The minimum absolute atomic E-state index is 0.238. The lowest BCUT2D eigenvalue weighted by Gasteiger charge is -2.34. The fourth-order valence-corrected chi connectivity index (χ4v) is 2.57. The maximum atomic E-state index is 11.4. The van der Waals surface area contributed by atoms with Crippen molar-refractivity contribution in [3.05, 3.63) is 0 Å². The summed E-state index contributed by atoms with van der Waals surface area (Å²) in [6.07, 6.45) is 2.42. The normalized spacial score (nSPS) is 20.8. The zero-order chi connectivity index (χ0) is 15.8. The Morgan fingerprint density at radius 3 is 2.81 bits per heavy atom. The third-order valence-corrected chi connectivity index (χ3v) is 3.69. The molecule has 0 aliphatic carbocycles. The number of nitrogens with two attached hydrogens (primary N) is 1. The number of rotatable bonds is 5. The molecule has 0 aromatic carbocycles. The van der Waals surface area contributed by atoms with Crippen molar-refractivity contribution in [1.29, 1.82) is 0 Å². The first-order valence-corrected chi connectivity index (χ1v) is 7.29. The minimum Gasteiger partial charge on any atom is -0.469 e. The van der Waals surface area contributed by atoms with Crippen LogP contribution in [-0.2, 0) is 14.3 Å². The number of hydrogen-bond acceptors (Lipinski definition) is 4. The SMILES string of the molecule is CN=C(NCC(C)C(=O)OC)N1CCCC(CC(N)=O)C1. The number of aliphatic imine (C=N–C) groups is 1. The van der Waals surface area contributed by atoms with Crippen LogP contribution in [0, 0.1) is 11.8 Å². The van der Waals surface area contributed by atoms with Crippen molar-refractivity contribution in [2.75, 3.05) is 33.8 Å². The van der Waals surface area contributed by atoms with E-state index in [-0.39, 0.29) is 23.7 Å². The average molecular weight is 298 g/mol. The van der Waals surface area contributed by atoms with Gasteiger partial charge in [-0.3, -0.25) is 14.6 Å². The molecule has 120 valence electrons. The predicted molar refractivity (Wildman–Crippen MR) is 80.7 cm³/mol. The van der Waals surface area contributed by atoms with Gasteiger partial charge in [-0.15, -0.1) is 0 Å². The van der Waals surface area contributed by atoms with Gasteiger partial charge >= 0.3 is 5.97 Å². The molecule has 0 radical (unpaired) electrons. The molecule has 1 aliphatic heterocycles. The van der Waals surface area contributed by atoms with E-state index in [1.807, 2.05) is 0 Å². The predicted octanol–water partition coefficient (Wildman–Crippen LogP) is -0.0417. The summed E-state index contributed by atoms with van der Waals surface area (Å²) in [5, 5.41) is 3.19. The first kappa shape index (κ1) is 17.3. The Kier molecular flexibility index (Phi) is 6.98. The largest absolute Gasteiger partial charge is 0.469 e. The van der Waals surface area contributed by atoms with E-state index in [0.717, 1.165) is 31.9 Å². The summed E-state index contributed by atoms with van der Waals surface area (Å²) in [4.78, 5) is 28.8. The zero-order valence-corrected chi connectivity index (χ0v) is 13.1. The third-order valence-electron chi connectivity index (χ3n) is 3.69. The summed E-state index contributed by atoms with van der Waals surface area (Å²) in [6.45, 7) is 3.92. The Balaban J connectivity index is 2.52. The molecular weight excluding hydrogens is 272 g/mol. The van der Waals surface area contributed by atoms with E-state index in [1.54, 1.807) is 14.0 Å². The van der Waals surface area contributed by atoms with Crippen molar-refractivity contribution < 1.29 is 14.3 Å². The van der Waals surface area contributed by atoms with Crippen LogP contribution in [0.4, 0.5) is 0 Å². The quantitative estimate of drug-likeness (QED) is 0.422. The molecule has 3 N–H and O–H groups in total. The summed E-state index contributed by atoms with van der Waals surface area (Å²) in [5.41, 5.74) is 5.27. The molecule has 0 aromatic rings. The van der Waals surface area contributed by atoms with Crippen molar-refractivity contribution in [2.24, 2.45) is 22.6 Å². The van der Waals surface area contributed by atoms with Crippen LogP contribution in [-0.4, -0.2) is 56.5 Å². The maximum Gasteiger partial charge on any atom is 0.310 e. The number of methoxy groups -OCH3 is 1. The third kappa shape index (κ3) is 5.61. The molecule has 0 bridgehead atoms. The van der Waals surface area contributed by atoms with Crippen molar-refractivity contribution in [3.8, 4) is 0 Å². The maximum absolute atomic E-state index is 11.4. The number of carbonyl (C=O) groups excluding carboxylic acids is 2. The minimum atomic E-state index is -0.260. The van der Waals surface area contributed by atoms with Crippen LogP contribution < -0.4 is 11.1 Å². The fourth-order valence-electron chi connectivity index (χ4n) is 2.57. The number of primary amides is 1. The van der Waals surface area contributed by atoms with E-state index in [0.29, 0.717) is 13.0 Å². The van der Waals surface area contributed by atoms with Gasteiger partial charge in [0.1, 0.15) is 0 Å². The van der Waals surface area contributed by atoms with E-state index in [9.17, 15) is 9.59 Å². The Morgan fingerprint density at radius 1 is 1.52 bits per heavy atom. The summed E-state index contributed by atoms with van der Waals surface area (Å²) in [5.74, 6) is 0.276. The van der Waals surface area contributed by atoms with Crippen LogP contribution in [0.1, 0.15) is 26.2 Å². The Bertz CT molecular complexity index is 398. The highest BCUT2D eigenvalue weighted by Crippen LogP contribution is 2.19. The number of guanidine groups is 1. The van der Waals surface area contributed by atoms with Gasteiger partial charge in [0.2, 0.25) is 5.91 Å². The van der Waals surface area contributed by atoms with Gasteiger partial charge < -0.3 is 20.7 Å². The number of ether oxygens (including phenoxy) is 1. The molecule has 1 aliphatic rings. The summed E-state index contributed by atoms with van der Waals surface area (Å²) in [7, 11) is 3.09. The molecule has 2 atom stereocenters. The van der Waals surface area contributed by atoms with Crippen LogP contribution in [0.3, 0.4) is 0 Å². The topological polar surface area (TPSA) is 97.0 Å². The lowest BCUT2D eigenvalue weighted by molar-refractivity contribution is -0.144. The highest BCUT2D eigenvalue weighted by atomic mass is 16.5. The van der Waals surface area contributed by atoms with Crippen LogP contribution in [0.2, 0.25) is 0 Å². The first-order valence-electron chi connectivity index (χ1n) is 7.29. The van der Waals surface area contributed by atoms with E-state index < -0.39 is 0 Å². The zero-order valence-electron chi connectivity index (χ0n) is 13.1. The van der Waals surface area contributed by atoms with Crippen LogP contribution in [0.15, 0.2) is 4.99 Å². The van der Waals surface area contributed by atoms with Gasteiger partial charge in [-0.25, -0.2) is 0 Å². The number of nitrogens with zero attached hydrogens (tertiary/aromatic N) is 2. The Morgan fingerprint density at radius 2 is 2.24 bits per heavy atom. The molecule has 0 saturated carbocycles. The summed E-state index contributed by atoms with van der Waals surface area (Å²) >= 11 is 0. The average Bonchev–Trinajstić information content (AvgIpc) is 2.46. The number of likely N-dealkylation sites (tertiary alicyclic amines) is 1. The van der Waals surface area contributed by atoms with Crippen molar-refractivity contribution in [2.45, 2.75) is 26.2 Å². The second-order valence-corrected chi connectivity index (χ2v) is 5.48. The molecule has 0 aromatic heterocycles. The fraction of sp³-hybridized carbons (Fsp3) is 0.786. The van der Waals surface area contributed by atoms with E-state index >= 15 is 0 Å². The van der Waals surface area contributed by atoms with Crippen molar-refractivity contribution >= 4 is 17.8 Å². The molecule has 1 amide bonds. The van der Waals surface area contributed by atoms with Crippen molar-refractivity contribution in [3.63, 3.8) is 0 Å². The van der Waals surface area contributed by atoms with Gasteiger partial charge in [-0.2, -0.15) is 0 Å². The number of hydrogen-bond donors (Lipinski definition) is 2. The smallest absolute Gasteiger partial charge is 0.310 e. The lowest BCUT2D eigenvalue weighted by Crippen LogP contribution is -2.48. The van der Waals surface area contributed by atoms with Crippen LogP contribution >= 0.6 is 0 Å². The molecule has 1 fully saturated rings. The molecule has 1 rings (SSSR count). The van der Waals surface area contributed by atoms with Gasteiger partial charge in [0.25, 0.3) is 0 Å². The van der Waals surface area contributed by atoms with Crippen LogP contribution in [0.5, 0.6) is 0 Å². The van der Waals surface area contributed by atoms with Crippen LogP contribution in [0.25, 0.3) is 0 Å². The Hall–Kier alpha value is -1.79. The first-order chi connectivity index (χ1) is 9.97. The molecule has 21 heavy (non-hydrogen) atoms. The second kappa shape index (κ2) is 8.49. The number of piperidine rings is 1. The van der Waals surface area contributed by atoms with Crippen molar-refractivity contribution in [1.82, 2.24) is 10.2 Å². The number of amides is 1.